The van der Waals surface area contributed by atoms with Crippen LogP contribution in [0.15, 0.2) is 18.2 Å². The van der Waals surface area contributed by atoms with Gasteiger partial charge in [-0.1, -0.05) is 17.7 Å². The Labute approximate surface area is 99.4 Å². The average Bonchev–Trinajstić information content (AvgIpc) is 2.24. The van der Waals surface area contributed by atoms with Crippen molar-refractivity contribution in [3.05, 3.63) is 34.6 Å². The Bertz CT molecular complexity index is 319. The number of hydrogen-bond acceptors (Lipinski definition) is 2. The Morgan fingerprint density at radius 1 is 1.53 bits per heavy atom. The molecular formula is C11H15ClFNS. The van der Waals surface area contributed by atoms with Crippen molar-refractivity contribution < 1.29 is 4.39 Å². The van der Waals surface area contributed by atoms with Gasteiger partial charge in [0.05, 0.1) is 5.02 Å². The van der Waals surface area contributed by atoms with Crippen molar-refractivity contribution in [2.45, 2.75) is 12.5 Å². The standard InChI is InChI=1S/C11H15ClFNS/c1-14-11(5-6-15-2)8-3-4-10(13)9(12)7-8/h3-4,7,11,14H,5-6H2,1-2H3. The van der Waals surface area contributed by atoms with E-state index in [0.717, 1.165) is 17.7 Å². The second kappa shape index (κ2) is 6.36. The first kappa shape index (κ1) is 12.8. The van der Waals surface area contributed by atoms with E-state index < -0.39 is 0 Å². The highest BCUT2D eigenvalue weighted by atomic mass is 35.5. The van der Waals surface area contributed by atoms with Crippen LogP contribution in [-0.2, 0) is 0 Å². The number of rotatable bonds is 5. The maximum absolute atomic E-state index is 13.0. The van der Waals surface area contributed by atoms with Crippen molar-refractivity contribution in [3.63, 3.8) is 0 Å². The molecule has 0 fully saturated rings. The minimum absolute atomic E-state index is 0.192. The van der Waals surface area contributed by atoms with Crippen LogP contribution < -0.4 is 5.32 Å². The van der Waals surface area contributed by atoms with Gasteiger partial charge in [0.25, 0.3) is 0 Å². The summed E-state index contributed by atoms with van der Waals surface area (Å²) in [7, 11) is 1.91. The third-order valence-electron chi connectivity index (χ3n) is 2.31. The second-order valence-corrected chi connectivity index (χ2v) is 4.69. The van der Waals surface area contributed by atoms with E-state index in [2.05, 4.69) is 11.6 Å². The predicted octanol–water partition coefficient (Wildman–Crippen LogP) is 3.49. The Kier molecular flexibility index (Phi) is 5.43. The fourth-order valence-electron chi connectivity index (χ4n) is 1.44. The molecule has 0 amide bonds. The molecule has 0 aliphatic carbocycles. The molecule has 1 atom stereocenters. The summed E-state index contributed by atoms with van der Waals surface area (Å²) in [4.78, 5) is 0. The first-order valence-electron chi connectivity index (χ1n) is 4.80. The quantitative estimate of drug-likeness (QED) is 0.855. The van der Waals surface area contributed by atoms with Gasteiger partial charge in [-0.05, 0) is 43.2 Å². The van der Waals surface area contributed by atoms with Crippen molar-refractivity contribution in [3.8, 4) is 0 Å². The monoisotopic (exact) mass is 247 g/mol. The smallest absolute Gasteiger partial charge is 0.141 e. The van der Waals surface area contributed by atoms with E-state index in [1.54, 1.807) is 23.9 Å². The van der Waals surface area contributed by atoms with Gasteiger partial charge < -0.3 is 5.32 Å². The van der Waals surface area contributed by atoms with Crippen molar-refractivity contribution in [2.24, 2.45) is 0 Å². The number of nitrogens with one attached hydrogen (secondary N) is 1. The fraction of sp³-hybridized carbons (Fsp3) is 0.455. The molecule has 1 rings (SSSR count). The van der Waals surface area contributed by atoms with Crippen LogP contribution in [0.2, 0.25) is 5.02 Å². The van der Waals surface area contributed by atoms with Crippen LogP contribution in [0.5, 0.6) is 0 Å². The zero-order valence-corrected chi connectivity index (χ0v) is 10.5. The first-order valence-corrected chi connectivity index (χ1v) is 6.57. The van der Waals surface area contributed by atoms with Crippen LogP contribution in [0.25, 0.3) is 0 Å². The van der Waals surface area contributed by atoms with E-state index in [-0.39, 0.29) is 16.9 Å². The molecule has 84 valence electrons. The number of benzene rings is 1. The van der Waals surface area contributed by atoms with E-state index in [1.165, 1.54) is 6.07 Å². The lowest BCUT2D eigenvalue weighted by Crippen LogP contribution is -2.17. The van der Waals surface area contributed by atoms with Crippen LogP contribution in [0.4, 0.5) is 4.39 Å². The third kappa shape index (κ3) is 3.67. The maximum atomic E-state index is 13.0. The van der Waals surface area contributed by atoms with Gasteiger partial charge in [0.1, 0.15) is 5.82 Å². The molecule has 1 N–H and O–H groups in total. The zero-order valence-electron chi connectivity index (χ0n) is 8.89. The van der Waals surface area contributed by atoms with E-state index in [9.17, 15) is 4.39 Å². The molecule has 0 aliphatic rings. The normalized spacial score (nSPS) is 12.8. The lowest BCUT2D eigenvalue weighted by Gasteiger charge is -2.16. The van der Waals surface area contributed by atoms with Gasteiger partial charge in [-0.15, -0.1) is 0 Å². The molecule has 0 saturated carbocycles. The highest BCUT2D eigenvalue weighted by Gasteiger charge is 2.10. The van der Waals surface area contributed by atoms with Gasteiger partial charge in [-0.3, -0.25) is 0 Å². The fourth-order valence-corrected chi connectivity index (χ4v) is 2.10. The lowest BCUT2D eigenvalue weighted by molar-refractivity contribution is 0.576. The molecule has 0 saturated heterocycles. The summed E-state index contributed by atoms with van der Waals surface area (Å²) in [6.07, 6.45) is 3.09. The van der Waals surface area contributed by atoms with Gasteiger partial charge in [0, 0.05) is 6.04 Å². The summed E-state index contributed by atoms with van der Waals surface area (Å²) in [6, 6.07) is 5.14. The minimum Gasteiger partial charge on any atom is -0.313 e. The molecule has 0 aliphatic heterocycles. The highest BCUT2D eigenvalue weighted by Crippen LogP contribution is 2.23. The molecule has 1 unspecified atom stereocenters. The molecule has 4 heteroatoms. The minimum atomic E-state index is -0.361. The Morgan fingerprint density at radius 2 is 2.27 bits per heavy atom. The third-order valence-corrected chi connectivity index (χ3v) is 3.24. The van der Waals surface area contributed by atoms with Gasteiger partial charge in [0.2, 0.25) is 0 Å². The van der Waals surface area contributed by atoms with Crippen LogP contribution in [0.3, 0.4) is 0 Å². The molecule has 0 radical (unpaired) electrons. The van der Waals surface area contributed by atoms with Crippen molar-refractivity contribution in [1.29, 1.82) is 0 Å². The molecule has 1 aromatic carbocycles. The summed E-state index contributed by atoms with van der Waals surface area (Å²) >= 11 is 7.54. The number of halogens is 2. The topological polar surface area (TPSA) is 12.0 Å². The first-order chi connectivity index (χ1) is 7.19. The summed E-state index contributed by atoms with van der Waals surface area (Å²) in [5.41, 5.74) is 1.04. The van der Waals surface area contributed by atoms with E-state index in [0.29, 0.717) is 0 Å². The van der Waals surface area contributed by atoms with Crippen LogP contribution >= 0.6 is 23.4 Å². The zero-order chi connectivity index (χ0) is 11.3. The van der Waals surface area contributed by atoms with Gasteiger partial charge in [0.15, 0.2) is 0 Å². The summed E-state index contributed by atoms with van der Waals surface area (Å²) < 4.78 is 13.0. The number of hydrogen-bond donors (Lipinski definition) is 1. The van der Waals surface area contributed by atoms with E-state index >= 15 is 0 Å². The Morgan fingerprint density at radius 3 is 2.80 bits per heavy atom. The largest absolute Gasteiger partial charge is 0.313 e. The molecule has 0 spiro atoms. The van der Waals surface area contributed by atoms with Crippen molar-refractivity contribution in [1.82, 2.24) is 5.32 Å². The van der Waals surface area contributed by atoms with E-state index in [1.807, 2.05) is 7.05 Å². The lowest BCUT2D eigenvalue weighted by atomic mass is 10.0. The molecule has 0 heterocycles. The summed E-state index contributed by atoms with van der Waals surface area (Å²) in [6.45, 7) is 0. The van der Waals surface area contributed by atoms with Gasteiger partial charge in [-0.2, -0.15) is 11.8 Å². The summed E-state index contributed by atoms with van der Waals surface area (Å²) in [5, 5.41) is 3.40. The SMILES string of the molecule is CNC(CCSC)c1ccc(F)c(Cl)c1. The molecule has 0 aromatic heterocycles. The Balaban J connectivity index is 2.78. The molecule has 1 aromatic rings. The van der Waals surface area contributed by atoms with E-state index in [4.69, 9.17) is 11.6 Å². The Hall–Kier alpha value is -0.250. The maximum Gasteiger partial charge on any atom is 0.141 e. The molecule has 1 nitrogen and oxygen atoms in total. The summed E-state index contributed by atoms with van der Waals surface area (Å²) in [5.74, 6) is 0.709. The van der Waals surface area contributed by atoms with Crippen LogP contribution in [0, 0.1) is 5.82 Å². The molecular weight excluding hydrogens is 233 g/mol. The highest BCUT2D eigenvalue weighted by molar-refractivity contribution is 7.98. The van der Waals surface area contributed by atoms with Crippen LogP contribution in [0.1, 0.15) is 18.0 Å². The van der Waals surface area contributed by atoms with Gasteiger partial charge in [-0.25, -0.2) is 4.39 Å². The molecule has 15 heavy (non-hydrogen) atoms. The van der Waals surface area contributed by atoms with Crippen LogP contribution in [-0.4, -0.2) is 19.1 Å². The van der Waals surface area contributed by atoms with Crippen molar-refractivity contribution in [2.75, 3.05) is 19.1 Å². The van der Waals surface area contributed by atoms with Gasteiger partial charge >= 0.3 is 0 Å². The van der Waals surface area contributed by atoms with Crippen molar-refractivity contribution >= 4 is 23.4 Å². The second-order valence-electron chi connectivity index (χ2n) is 3.30. The number of thioether (sulfide) groups is 1. The predicted molar refractivity (Wildman–Crippen MR) is 66.2 cm³/mol. The average molecular weight is 248 g/mol. The molecule has 0 bridgehead atoms.